The van der Waals surface area contributed by atoms with Crippen LogP contribution in [0.3, 0.4) is 0 Å². The molecule has 1 amide bonds. The average Bonchev–Trinajstić information content (AvgIpc) is 2.90. The summed E-state index contributed by atoms with van der Waals surface area (Å²) in [6, 6.07) is 13.5. The zero-order valence-electron chi connectivity index (χ0n) is 13.4. The molecule has 1 aromatic heterocycles. The van der Waals surface area contributed by atoms with Gasteiger partial charge in [0.25, 0.3) is 0 Å². The van der Waals surface area contributed by atoms with E-state index in [1.165, 1.54) is 23.5 Å². The zero-order valence-corrected chi connectivity index (χ0v) is 15.8. The average molecular weight is 420 g/mol. The highest BCUT2D eigenvalue weighted by molar-refractivity contribution is 9.10. The molecular weight excluding hydrogens is 405 g/mol. The van der Waals surface area contributed by atoms with E-state index < -0.39 is 0 Å². The maximum Gasteiger partial charge on any atom is 0.230 e. The number of rotatable bonds is 4. The number of benzene rings is 2. The van der Waals surface area contributed by atoms with Crippen LogP contribution in [0.4, 0.5) is 15.8 Å². The third-order valence-corrected chi connectivity index (χ3v) is 5.02. The number of aromatic nitrogens is 1. The summed E-state index contributed by atoms with van der Waals surface area (Å²) in [7, 11) is 1.84. The van der Waals surface area contributed by atoms with Crippen molar-refractivity contribution in [1.82, 2.24) is 4.57 Å². The summed E-state index contributed by atoms with van der Waals surface area (Å²) in [5.41, 5.74) is 2.13. The quantitative estimate of drug-likeness (QED) is 0.668. The predicted molar refractivity (Wildman–Crippen MR) is 101 cm³/mol. The van der Waals surface area contributed by atoms with Crippen molar-refractivity contribution in [2.75, 3.05) is 5.32 Å². The molecule has 0 radical (unpaired) electrons. The van der Waals surface area contributed by atoms with E-state index in [1.54, 1.807) is 12.1 Å². The van der Waals surface area contributed by atoms with Crippen molar-refractivity contribution < 1.29 is 9.18 Å². The van der Waals surface area contributed by atoms with Gasteiger partial charge in [-0.25, -0.2) is 9.38 Å². The van der Waals surface area contributed by atoms with E-state index in [0.29, 0.717) is 10.5 Å². The molecule has 25 heavy (non-hydrogen) atoms. The summed E-state index contributed by atoms with van der Waals surface area (Å²) < 4.78 is 16.1. The lowest BCUT2D eigenvalue weighted by atomic mass is 10.3. The van der Waals surface area contributed by atoms with Crippen LogP contribution < -0.4 is 10.1 Å². The number of hydrogen-bond acceptors (Lipinski definition) is 3. The van der Waals surface area contributed by atoms with E-state index in [2.05, 4.69) is 26.2 Å². The van der Waals surface area contributed by atoms with Gasteiger partial charge in [-0.1, -0.05) is 22.0 Å². The molecule has 0 saturated carbocycles. The molecule has 1 heterocycles. The summed E-state index contributed by atoms with van der Waals surface area (Å²) >= 11 is 4.78. The van der Waals surface area contributed by atoms with Crippen LogP contribution in [0, 0.1) is 5.82 Å². The minimum Gasteiger partial charge on any atom is -0.326 e. The normalized spacial score (nSPS) is 11.6. The largest absolute Gasteiger partial charge is 0.326 e. The molecule has 0 aliphatic heterocycles. The number of anilines is 1. The monoisotopic (exact) mass is 419 g/mol. The Balaban J connectivity index is 1.74. The summed E-state index contributed by atoms with van der Waals surface area (Å²) in [6.07, 6.45) is 0.238. The van der Waals surface area contributed by atoms with E-state index in [1.807, 2.05) is 41.3 Å². The number of nitrogens with one attached hydrogen (secondary N) is 1. The Bertz CT molecular complexity index is 963. The molecule has 0 bridgehead atoms. The molecule has 1 N–H and O–H groups in total. The van der Waals surface area contributed by atoms with Gasteiger partial charge in [-0.3, -0.25) is 4.79 Å². The first-order chi connectivity index (χ1) is 12.0. The van der Waals surface area contributed by atoms with Crippen molar-refractivity contribution in [2.45, 2.75) is 6.42 Å². The Hall–Kier alpha value is -2.25. The molecule has 4 nitrogen and oxygen atoms in total. The van der Waals surface area contributed by atoms with Gasteiger partial charge in [0.1, 0.15) is 5.82 Å². The number of nitrogens with zero attached hydrogens (tertiary/aromatic N) is 2. The predicted octanol–water partition coefficient (Wildman–Crippen LogP) is 4.40. The van der Waals surface area contributed by atoms with Gasteiger partial charge in [0.05, 0.1) is 12.1 Å². The second kappa shape index (κ2) is 7.76. The SMILES string of the molecule is Cn1c(CC(=O)Nc2ccc(Br)cc2)csc1=Nc1cccc(F)c1. The highest BCUT2D eigenvalue weighted by atomic mass is 79.9. The molecular formula is C18H15BrFN3OS. The van der Waals surface area contributed by atoms with E-state index in [-0.39, 0.29) is 18.1 Å². The van der Waals surface area contributed by atoms with Gasteiger partial charge in [0.2, 0.25) is 5.91 Å². The highest BCUT2D eigenvalue weighted by Gasteiger charge is 2.09. The third kappa shape index (κ3) is 4.64. The summed E-state index contributed by atoms with van der Waals surface area (Å²) in [5, 5.41) is 4.75. The Morgan fingerprint density at radius 1 is 1.28 bits per heavy atom. The van der Waals surface area contributed by atoms with Crippen LogP contribution in [-0.2, 0) is 18.3 Å². The van der Waals surface area contributed by atoms with Crippen molar-refractivity contribution in [3.05, 3.63) is 74.7 Å². The lowest BCUT2D eigenvalue weighted by molar-refractivity contribution is -0.115. The number of amides is 1. The molecule has 0 spiro atoms. The fraction of sp³-hybridized carbons (Fsp3) is 0.111. The molecule has 2 aromatic carbocycles. The van der Waals surface area contributed by atoms with Crippen molar-refractivity contribution >= 4 is 44.5 Å². The Labute approximate surface area is 156 Å². The van der Waals surface area contributed by atoms with Gasteiger partial charge in [-0.05, 0) is 42.5 Å². The van der Waals surface area contributed by atoms with E-state index in [9.17, 15) is 9.18 Å². The molecule has 128 valence electrons. The topological polar surface area (TPSA) is 46.4 Å². The van der Waals surface area contributed by atoms with Gasteiger partial charge in [-0.15, -0.1) is 11.3 Å². The lowest BCUT2D eigenvalue weighted by Gasteiger charge is -2.06. The summed E-state index contributed by atoms with van der Waals surface area (Å²) in [6.45, 7) is 0. The smallest absolute Gasteiger partial charge is 0.230 e. The van der Waals surface area contributed by atoms with E-state index in [4.69, 9.17) is 0 Å². The van der Waals surface area contributed by atoms with E-state index in [0.717, 1.165) is 15.9 Å². The van der Waals surface area contributed by atoms with Crippen LogP contribution in [0.1, 0.15) is 5.69 Å². The standard InChI is InChI=1S/C18H15BrFN3OS/c1-23-16(10-17(24)21-14-7-5-12(19)6-8-14)11-25-18(23)22-15-4-2-3-13(20)9-15/h2-9,11H,10H2,1H3,(H,21,24). The molecule has 0 unspecified atom stereocenters. The zero-order chi connectivity index (χ0) is 17.8. The van der Waals surface area contributed by atoms with Crippen LogP contribution in [-0.4, -0.2) is 10.5 Å². The van der Waals surface area contributed by atoms with Crippen LogP contribution >= 0.6 is 27.3 Å². The van der Waals surface area contributed by atoms with Crippen molar-refractivity contribution in [3.8, 4) is 0 Å². The molecule has 0 fully saturated rings. The second-order valence-electron chi connectivity index (χ2n) is 5.39. The lowest BCUT2D eigenvalue weighted by Crippen LogP contribution is -2.19. The van der Waals surface area contributed by atoms with Gasteiger partial charge in [-0.2, -0.15) is 0 Å². The first kappa shape index (κ1) is 17.6. The maximum atomic E-state index is 13.3. The van der Waals surface area contributed by atoms with Gasteiger partial charge in [0, 0.05) is 28.3 Å². The van der Waals surface area contributed by atoms with Crippen molar-refractivity contribution in [2.24, 2.45) is 12.0 Å². The van der Waals surface area contributed by atoms with Gasteiger partial charge >= 0.3 is 0 Å². The molecule has 0 atom stereocenters. The molecule has 0 aliphatic carbocycles. The maximum absolute atomic E-state index is 13.3. The van der Waals surface area contributed by atoms with Crippen LogP contribution in [0.2, 0.25) is 0 Å². The fourth-order valence-corrected chi connectivity index (χ4v) is 3.40. The van der Waals surface area contributed by atoms with Crippen molar-refractivity contribution in [3.63, 3.8) is 0 Å². The highest BCUT2D eigenvalue weighted by Crippen LogP contribution is 2.15. The minimum absolute atomic E-state index is 0.104. The van der Waals surface area contributed by atoms with Crippen molar-refractivity contribution in [1.29, 1.82) is 0 Å². The Morgan fingerprint density at radius 2 is 2.04 bits per heavy atom. The summed E-state index contributed by atoms with van der Waals surface area (Å²) in [4.78, 5) is 17.4. The number of hydrogen-bond donors (Lipinski definition) is 1. The summed E-state index contributed by atoms with van der Waals surface area (Å²) in [5.74, 6) is -0.428. The number of thiazole rings is 1. The third-order valence-electron chi connectivity index (χ3n) is 3.52. The van der Waals surface area contributed by atoms with Gasteiger partial charge in [0.15, 0.2) is 4.80 Å². The van der Waals surface area contributed by atoms with Crippen LogP contribution in [0.15, 0.2) is 63.4 Å². The van der Waals surface area contributed by atoms with Gasteiger partial charge < -0.3 is 9.88 Å². The number of halogens is 2. The molecule has 3 aromatic rings. The molecule has 3 rings (SSSR count). The first-order valence-electron chi connectivity index (χ1n) is 7.50. The Kier molecular flexibility index (Phi) is 5.45. The molecule has 0 aliphatic rings. The molecule has 0 saturated heterocycles. The van der Waals surface area contributed by atoms with Crippen LogP contribution in [0.25, 0.3) is 0 Å². The Morgan fingerprint density at radius 3 is 2.76 bits per heavy atom. The number of carbonyl (C=O) groups is 1. The van der Waals surface area contributed by atoms with E-state index >= 15 is 0 Å². The first-order valence-corrected chi connectivity index (χ1v) is 9.17. The number of carbonyl (C=O) groups excluding carboxylic acids is 1. The molecule has 7 heteroatoms. The minimum atomic E-state index is -0.324. The second-order valence-corrected chi connectivity index (χ2v) is 7.14. The van der Waals surface area contributed by atoms with Crippen LogP contribution in [0.5, 0.6) is 0 Å². The fourth-order valence-electron chi connectivity index (χ4n) is 2.22.